The van der Waals surface area contributed by atoms with Gasteiger partial charge in [0.2, 0.25) is 5.91 Å². The molecule has 2 rings (SSSR count). The van der Waals surface area contributed by atoms with Crippen LogP contribution in [0.25, 0.3) is 0 Å². The number of hydrogen-bond donors (Lipinski definition) is 1. The minimum Gasteiger partial charge on any atom is -0.355 e. The number of nitro groups is 1. The van der Waals surface area contributed by atoms with Crippen LogP contribution in [-0.2, 0) is 4.79 Å². The maximum absolute atomic E-state index is 12.7. The molecule has 25 heavy (non-hydrogen) atoms. The summed E-state index contributed by atoms with van der Waals surface area (Å²) >= 11 is 0. The second kappa shape index (κ2) is 8.57. The Bertz CT molecular complexity index is 654. The number of piperazine rings is 1. The molecule has 8 heteroatoms. The Morgan fingerprint density at radius 2 is 1.92 bits per heavy atom. The molecule has 1 heterocycles. The topological polar surface area (TPSA) is 95.8 Å². The maximum atomic E-state index is 12.7. The number of amides is 2. The number of carbonyl (C=O) groups is 2. The molecule has 0 unspecified atom stereocenters. The van der Waals surface area contributed by atoms with Gasteiger partial charge in [0.1, 0.15) is 0 Å². The third-order valence-electron chi connectivity index (χ3n) is 4.33. The van der Waals surface area contributed by atoms with E-state index in [4.69, 9.17) is 0 Å². The van der Waals surface area contributed by atoms with E-state index in [1.807, 2.05) is 11.8 Å². The predicted molar refractivity (Wildman–Crippen MR) is 93.5 cm³/mol. The molecule has 0 spiro atoms. The second-order valence-corrected chi connectivity index (χ2v) is 6.13. The molecule has 1 fully saturated rings. The Morgan fingerprint density at radius 3 is 2.52 bits per heavy atom. The first-order chi connectivity index (χ1) is 11.9. The van der Waals surface area contributed by atoms with Crippen LogP contribution in [-0.4, -0.2) is 65.8 Å². The molecule has 0 aliphatic carbocycles. The molecular weight excluding hydrogens is 324 g/mol. The van der Waals surface area contributed by atoms with E-state index >= 15 is 0 Å². The summed E-state index contributed by atoms with van der Waals surface area (Å²) in [5.74, 6) is -0.201. The van der Waals surface area contributed by atoms with Gasteiger partial charge in [-0.05, 0) is 19.4 Å². The summed E-state index contributed by atoms with van der Waals surface area (Å²) in [6.07, 6.45) is 0.899. The van der Waals surface area contributed by atoms with E-state index in [0.29, 0.717) is 50.4 Å². The van der Waals surface area contributed by atoms with Gasteiger partial charge < -0.3 is 10.2 Å². The smallest absolute Gasteiger partial charge is 0.273 e. The van der Waals surface area contributed by atoms with Gasteiger partial charge in [0.25, 0.3) is 11.6 Å². The highest BCUT2D eigenvalue weighted by Gasteiger charge is 2.26. The molecule has 136 valence electrons. The zero-order chi connectivity index (χ0) is 18.4. The lowest BCUT2D eigenvalue weighted by Crippen LogP contribution is -2.51. The summed E-state index contributed by atoms with van der Waals surface area (Å²) in [7, 11) is 0. The van der Waals surface area contributed by atoms with Crippen LogP contribution in [0.2, 0.25) is 0 Å². The van der Waals surface area contributed by atoms with E-state index in [9.17, 15) is 19.7 Å². The summed E-state index contributed by atoms with van der Waals surface area (Å²) in [6.45, 7) is 6.82. The summed E-state index contributed by atoms with van der Waals surface area (Å²) in [6, 6.07) is 4.56. The van der Waals surface area contributed by atoms with Gasteiger partial charge >= 0.3 is 0 Å². The monoisotopic (exact) mass is 348 g/mol. The fourth-order valence-corrected chi connectivity index (χ4v) is 2.86. The standard InChI is InChI=1S/C17H24N4O4/c1-3-7-18-16(22)12-19-8-10-20(11-9-19)17(23)14-5-4-6-15(13(14)2)21(24)25/h4-6H,3,7-12H2,1-2H3,(H,18,22). The van der Waals surface area contributed by atoms with Crippen LogP contribution < -0.4 is 5.32 Å². The zero-order valence-corrected chi connectivity index (χ0v) is 14.7. The molecule has 2 amide bonds. The fourth-order valence-electron chi connectivity index (χ4n) is 2.86. The van der Waals surface area contributed by atoms with Crippen LogP contribution in [0.1, 0.15) is 29.3 Å². The SMILES string of the molecule is CCCNC(=O)CN1CCN(C(=O)c2cccc([N+](=O)[O-])c2C)CC1. The van der Waals surface area contributed by atoms with Crippen molar-refractivity contribution in [3.63, 3.8) is 0 Å². The molecule has 8 nitrogen and oxygen atoms in total. The number of carbonyl (C=O) groups excluding carboxylic acids is 2. The van der Waals surface area contributed by atoms with Crippen LogP contribution in [0.5, 0.6) is 0 Å². The highest BCUT2D eigenvalue weighted by atomic mass is 16.6. The fraction of sp³-hybridized carbons (Fsp3) is 0.529. The Kier molecular flexibility index (Phi) is 6.46. The van der Waals surface area contributed by atoms with Crippen molar-refractivity contribution in [2.24, 2.45) is 0 Å². The Morgan fingerprint density at radius 1 is 1.24 bits per heavy atom. The van der Waals surface area contributed by atoms with E-state index in [1.54, 1.807) is 17.9 Å². The Hall–Kier alpha value is -2.48. The number of nitrogens with zero attached hydrogens (tertiary/aromatic N) is 3. The van der Waals surface area contributed by atoms with Gasteiger partial charge in [-0.2, -0.15) is 0 Å². The van der Waals surface area contributed by atoms with Gasteiger partial charge in [0, 0.05) is 49.9 Å². The highest BCUT2D eigenvalue weighted by molar-refractivity contribution is 5.96. The van der Waals surface area contributed by atoms with Crippen molar-refractivity contribution < 1.29 is 14.5 Å². The summed E-state index contributed by atoms with van der Waals surface area (Å²) in [5.41, 5.74) is 0.708. The van der Waals surface area contributed by atoms with Gasteiger partial charge in [-0.1, -0.05) is 13.0 Å². The first-order valence-corrected chi connectivity index (χ1v) is 8.46. The highest BCUT2D eigenvalue weighted by Crippen LogP contribution is 2.22. The molecule has 0 bridgehead atoms. The number of nitrogens with one attached hydrogen (secondary N) is 1. The minimum atomic E-state index is -0.473. The second-order valence-electron chi connectivity index (χ2n) is 6.13. The Labute approximate surface area is 146 Å². The van der Waals surface area contributed by atoms with E-state index in [0.717, 1.165) is 6.42 Å². The lowest BCUT2D eigenvalue weighted by atomic mass is 10.1. The molecule has 1 saturated heterocycles. The van der Waals surface area contributed by atoms with Crippen molar-refractivity contribution in [2.45, 2.75) is 20.3 Å². The molecule has 0 radical (unpaired) electrons. The summed E-state index contributed by atoms with van der Waals surface area (Å²) in [4.78, 5) is 38.7. The van der Waals surface area contributed by atoms with Crippen molar-refractivity contribution in [2.75, 3.05) is 39.3 Å². The first kappa shape index (κ1) is 18.9. The molecule has 0 saturated carbocycles. The number of benzene rings is 1. The van der Waals surface area contributed by atoms with Crippen LogP contribution in [0.4, 0.5) is 5.69 Å². The van der Waals surface area contributed by atoms with Crippen molar-refractivity contribution in [3.8, 4) is 0 Å². The molecule has 1 N–H and O–H groups in total. The van der Waals surface area contributed by atoms with Crippen molar-refractivity contribution >= 4 is 17.5 Å². The van der Waals surface area contributed by atoms with Crippen LogP contribution >= 0.6 is 0 Å². The molecular formula is C17H24N4O4. The molecule has 0 aromatic heterocycles. The molecule has 1 aromatic rings. The molecule has 0 atom stereocenters. The maximum Gasteiger partial charge on any atom is 0.273 e. The molecule has 1 aliphatic rings. The molecule has 1 aromatic carbocycles. The summed E-state index contributed by atoms with van der Waals surface area (Å²) < 4.78 is 0. The Balaban J connectivity index is 1.95. The van der Waals surface area contributed by atoms with E-state index in [1.165, 1.54) is 12.1 Å². The van der Waals surface area contributed by atoms with Crippen molar-refractivity contribution in [1.82, 2.24) is 15.1 Å². The van der Waals surface area contributed by atoms with Crippen LogP contribution in [0, 0.1) is 17.0 Å². The van der Waals surface area contributed by atoms with Crippen molar-refractivity contribution in [3.05, 3.63) is 39.4 Å². The zero-order valence-electron chi connectivity index (χ0n) is 14.7. The van der Waals surface area contributed by atoms with Crippen molar-refractivity contribution in [1.29, 1.82) is 0 Å². The van der Waals surface area contributed by atoms with E-state index in [2.05, 4.69) is 5.32 Å². The van der Waals surface area contributed by atoms with Gasteiger partial charge in [-0.3, -0.25) is 24.6 Å². The van der Waals surface area contributed by atoms with Gasteiger partial charge in [-0.15, -0.1) is 0 Å². The normalized spacial score (nSPS) is 15.0. The third kappa shape index (κ3) is 4.76. The predicted octanol–water partition coefficient (Wildman–Crippen LogP) is 1.19. The quantitative estimate of drug-likeness (QED) is 0.615. The van der Waals surface area contributed by atoms with Gasteiger partial charge in [0.15, 0.2) is 0 Å². The lowest BCUT2D eigenvalue weighted by molar-refractivity contribution is -0.385. The van der Waals surface area contributed by atoms with E-state index in [-0.39, 0.29) is 17.5 Å². The average Bonchev–Trinajstić information content (AvgIpc) is 2.60. The lowest BCUT2D eigenvalue weighted by Gasteiger charge is -2.34. The molecule has 1 aliphatic heterocycles. The average molecular weight is 348 g/mol. The largest absolute Gasteiger partial charge is 0.355 e. The number of nitro benzene ring substituents is 1. The third-order valence-corrected chi connectivity index (χ3v) is 4.33. The minimum absolute atomic E-state index is 0.00356. The number of rotatable bonds is 6. The summed E-state index contributed by atoms with van der Waals surface area (Å²) in [5, 5.41) is 13.9. The number of hydrogen-bond acceptors (Lipinski definition) is 5. The van der Waals surface area contributed by atoms with Crippen LogP contribution in [0.15, 0.2) is 18.2 Å². The van der Waals surface area contributed by atoms with E-state index < -0.39 is 4.92 Å². The first-order valence-electron chi connectivity index (χ1n) is 8.46. The van der Waals surface area contributed by atoms with Gasteiger partial charge in [-0.25, -0.2) is 0 Å². The van der Waals surface area contributed by atoms with Crippen LogP contribution in [0.3, 0.4) is 0 Å². The van der Waals surface area contributed by atoms with Gasteiger partial charge in [0.05, 0.1) is 11.5 Å².